The molecule has 0 heterocycles. The van der Waals surface area contributed by atoms with Crippen LogP contribution in [0.3, 0.4) is 0 Å². The summed E-state index contributed by atoms with van der Waals surface area (Å²) in [6, 6.07) is 0. The molecule has 0 saturated carbocycles. The first kappa shape index (κ1) is 83.9. The predicted molar refractivity (Wildman–Crippen MR) is 376 cm³/mol. The van der Waals surface area contributed by atoms with E-state index in [2.05, 4.69) is 111 Å². The second kappa shape index (κ2) is 67.3. The number of likely N-dealkylation sites (N-methyl/N-ethyl adjacent to an activating group) is 1. The van der Waals surface area contributed by atoms with Crippen molar-refractivity contribution in [3.63, 3.8) is 0 Å². The smallest absolute Gasteiger partial charge is 0.462 e. The molecule has 0 aliphatic carbocycles. The Morgan fingerprint density at radius 3 is 0.977 bits per heavy atom. The highest BCUT2D eigenvalue weighted by Gasteiger charge is 2.27. The number of allylic oxidation sites excluding steroid dienone is 16. The number of carbonyl (C=O) groups is 2. The molecular weight excluding hydrogens is 1100 g/mol. The minimum Gasteiger partial charge on any atom is -0.462 e. The Morgan fingerprint density at radius 2 is 0.655 bits per heavy atom. The molecule has 10 heteroatoms. The van der Waals surface area contributed by atoms with E-state index >= 15 is 0 Å². The highest BCUT2D eigenvalue weighted by molar-refractivity contribution is 7.47. The molecule has 0 fully saturated rings. The van der Waals surface area contributed by atoms with Crippen molar-refractivity contribution in [2.75, 3.05) is 47.5 Å². The van der Waals surface area contributed by atoms with Gasteiger partial charge in [0.15, 0.2) is 6.10 Å². The first-order valence-electron chi connectivity index (χ1n) is 36.5. The van der Waals surface area contributed by atoms with E-state index < -0.39 is 26.5 Å². The van der Waals surface area contributed by atoms with E-state index in [0.717, 1.165) is 89.9 Å². The summed E-state index contributed by atoms with van der Waals surface area (Å²) in [7, 11) is 1.48. The normalized spacial score (nSPS) is 13.7. The number of quaternary nitrogens is 1. The van der Waals surface area contributed by atoms with Crippen molar-refractivity contribution in [1.29, 1.82) is 0 Å². The summed E-state index contributed by atoms with van der Waals surface area (Å²) < 4.78 is 34.8. The number of ether oxygens (including phenoxy) is 2. The van der Waals surface area contributed by atoms with Gasteiger partial charge in [-0.25, -0.2) is 4.57 Å². The summed E-state index contributed by atoms with van der Waals surface area (Å²) >= 11 is 0. The largest absolute Gasteiger partial charge is 0.472 e. The van der Waals surface area contributed by atoms with Crippen molar-refractivity contribution >= 4 is 19.8 Å². The van der Waals surface area contributed by atoms with Gasteiger partial charge in [0.05, 0.1) is 27.7 Å². The van der Waals surface area contributed by atoms with Crippen LogP contribution >= 0.6 is 7.82 Å². The van der Waals surface area contributed by atoms with Crippen LogP contribution in [0.15, 0.2) is 97.2 Å². The van der Waals surface area contributed by atoms with Crippen LogP contribution in [-0.2, 0) is 32.7 Å². The predicted octanol–water partition coefficient (Wildman–Crippen LogP) is 23.9. The molecule has 0 rings (SSSR count). The molecular formula is C77H139NO8P+. The molecule has 0 amide bonds. The van der Waals surface area contributed by atoms with E-state index in [0.29, 0.717) is 23.9 Å². The molecule has 0 saturated heterocycles. The van der Waals surface area contributed by atoms with Gasteiger partial charge in [-0.05, 0) is 77.0 Å². The lowest BCUT2D eigenvalue weighted by molar-refractivity contribution is -0.870. The topological polar surface area (TPSA) is 108 Å². The molecule has 0 aliphatic heterocycles. The van der Waals surface area contributed by atoms with Gasteiger partial charge in [-0.15, -0.1) is 0 Å². The Hall–Kier alpha value is -3.07. The number of phosphoric ester groups is 1. The zero-order valence-corrected chi connectivity index (χ0v) is 58.4. The molecule has 0 aromatic carbocycles. The van der Waals surface area contributed by atoms with Crippen LogP contribution in [0, 0.1) is 0 Å². The number of hydrogen-bond acceptors (Lipinski definition) is 7. The van der Waals surface area contributed by atoms with Gasteiger partial charge in [-0.3, -0.25) is 18.6 Å². The van der Waals surface area contributed by atoms with Gasteiger partial charge in [0.1, 0.15) is 19.8 Å². The number of rotatable bonds is 67. The zero-order valence-electron chi connectivity index (χ0n) is 57.5. The molecule has 0 aromatic rings. The third kappa shape index (κ3) is 71.9. The minimum absolute atomic E-state index is 0.0309. The Kier molecular flexibility index (Phi) is 65.0. The van der Waals surface area contributed by atoms with E-state index in [1.54, 1.807) is 0 Å². The standard InChI is InChI=1S/C77H138NO8P/c1-6-8-10-12-14-16-18-20-22-24-26-28-30-32-33-34-35-36-37-38-39-40-41-42-43-44-45-46-48-50-52-54-56-58-60-62-64-66-68-70-77(80)86-75(74-85-87(81,82)84-72-71-78(3,4)5)73-83-76(79)69-67-65-63-61-59-57-55-53-51-49-47-31-29-27-25-23-21-19-17-15-13-11-9-7-2/h8,10,14,16,20,22,26,28,32-33,35-36,38-39,41-42,75H,6-7,9,11-13,15,17-19,21,23-25,27,29-31,34,37,40,43-74H2,1-5H3/p+1/b10-8-,16-14-,22-20-,28-26-,33-32-,36-35-,39-38-,42-41-. The van der Waals surface area contributed by atoms with Crippen LogP contribution in [0.5, 0.6) is 0 Å². The van der Waals surface area contributed by atoms with Crippen molar-refractivity contribution < 1.29 is 42.1 Å². The molecule has 0 radical (unpaired) electrons. The number of nitrogens with zero attached hydrogens (tertiary/aromatic N) is 1. The average molecular weight is 1240 g/mol. The van der Waals surface area contributed by atoms with Crippen LogP contribution < -0.4 is 0 Å². The van der Waals surface area contributed by atoms with Gasteiger partial charge in [0.25, 0.3) is 0 Å². The van der Waals surface area contributed by atoms with E-state index in [9.17, 15) is 19.0 Å². The summed E-state index contributed by atoms with van der Waals surface area (Å²) in [6.07, 6.45) is 93.8. The summed E-state index contributed by atoms with van der Waals surface area (Å²) in [5.74, 6) is -0.785. The first-order chi connectivity index (χ1) is 42.5. The molecule has 9 nitrogen and oxygen atoms in total. The maximum Gasteiger partial charge on any atom is 0.472 e. The van der Waals surface area contributed by atoms with Crippen LogP contribution in [-0.4, -0.2) is 74.9 Å². The molecule has 1 N–H and O–H groups in total. The molecule has 2 unspecified atom stereocenters. The summed E-state index contributed by atoms with van der Waals surface area (Å²) in [5.41, 5.74) is 0. The highest BCUT2D eigenvalue weighted by Crippen LogP contribution is 2.43. The van der Waals surface area contributed by atoms with Gasteiger partial charge in [0.2, 0.25) is 0 Å². The third-order valence-electron chi connectivity index (χ3n) is 15.9. The quantitative estimate of drug-likeness (QED) is 0.0211. The third-order valence-corrected chi connectivity index (χ3v) is 16.9. The van der Waals surface area contributed by atoms with E-state index in [-0.39, 0.29) is 25.6 Å². The van der Waals surface area contributed by atoms with Crippen LogP contribution in [0.25, 0.3) is 0 Å². The molecule has 0 spiro atoms. The zero-order chi connectivity index (χ0) is 63.4. The Labute approximate surface area is 538 Å². The fraction of sp³-hybridized carbons (Fsp3) is 0.766. The van der Waals surface area contributed by atoms with Crippen molar-refractivity contribution in [3.05, 3.63) is 97.2 Å². The Balaban J connectivity index is 4.01. The summed E-state index contributed by atoms with van der Waals surface area (Å²) in [5, 5.41) is 0. The summed E-state index contributed by atoms with van der Waals surface area (Å²) in [4.78, 5) is 35.9. The Morgan fingerprint density at radius 1 is 0.368 bits per heavy atom. The summed E-state index contributed by atoms with van der Waals surface area (Å²) in [6.45, 7) is 4.37. The maximum atomic E-state index is 12.9. The van der Waals surface area contributed by atoms with Gasteiger partial charge >= 0.3 is 19.8 Å². The number of hydrogen-bond donors (Lipinski definition) is 1. The van der Waals surface area contributed by atoms with Gasteiger partial charge < -0.3 is 18.9 Å². The lowest BCUT2D eigenvalue weighted by Crippen LogP contribution is -2.37. The van der Waals surface area contributed by atoms with Crippen LogP contribution in [0.2, 0.25) is 0 Å². The van der Waals surface area contributed by atoms with Crippen molar-refractivity contribution in [1.82, 2.24) is 0 Å². The lowest BCUT2D eigenvalue weighted by Gasteiger charge is -2.24. The van der Waals surface area contributed by atoms with Crippen molar-refractivity contribution in [3.8, 4) is 0 Å². The van der Waals surface area contributed by atoms with Gasteiger partial charge in [-0.1, -0.05) is 336 Å². The monoisotopic (exact) mass is 1240 g/mol. The Bertz CT molecular complexity index is 1790. The van der Waals surface area contributed by atoms with Crippen molar-refractivity contribution in [2.45, 2.75) is 335 Å². The van der Waals surface area contributed by atoms with Crippen LogP contribution in [0.4, 0.5) is 0 Å². The molecule has 2 atom stereocenters. The van der Waals surface area contributed by atoms with E-state index in [1.165, 1.54) is 205 Å². The van der Waals surface area contributed by atoms with Gasteiger partial charge in [-0.2, -0.15) is 0 Å². The second-order valence-electron chi connectivity index (χ2n) is 25.6. The molecule has 0 aliphatic rings. The molecule has 0 aromatic heterocycles. The van der Waals surface area contributed by atoms with Gasteiger partial charge in [0, 0.05) is 12.8 Å². The fourth-order valence-corrected chi connectivity index (χ4v) is 11.1. The van der Waals surface area contributed by atoms with Crippen molar-refractivity contribution in [2.24, 2.45) is 0 Å². The van der Waals surface area contributed by atoms with Crippen LogP contribution in [0.1, 0.15) is 328 Å². The maximum absolute atomic E-state index is 12.9. The lowest BCUT2D eigenvalue weighted by atomic mass is 10.0. The van der Waals surface area contributed by atoms with E-state index in [4.69, 9.17) is 18.5 Å². The highest BCUT2D eigenvalue weighted by atomic mass is 31.2. The molecule has 0 bridgehead atoms. The number of phosphoric acid groups is 1. The molecule has 87 heavy (non-hydrogen) atoms. The minimum atomic E-state index is -4.39. The average Bonchev–Trinajstić information content (AvgIpc) is 3.68. The SMILES string of the molecule is CC/C=C\C/C=C\C/C=C\C/C=C\C/C=C\C/C=C\C/C=C\C/C=C\CCCCCCCCCCCCCCCCC(=O)OC(COC(=O)CCCCCCCCCCCCCCCCCCCCCCCCCC)COP(=O)(O)OCC[N+](C)(C)C. The van der Waals surface area contributed by atoms with E-state index in [1.807, 2.05) is 21.1 Å². The second-order valence-corrected chi connectivity index (χ2v) is 27.1. The first-order valence-corrected chi connectivity index (χ1v) is 38.0. The fourth-order valence-electron chi connectivity index (χ4n) is 10.3. The molecule has 504 valence electrons. The number of unbranched alkanes of at least 4 members (excludes halogenated alkanes) is 37. The number of carbonyl (C=O) groups excluding carboxylic acids is 2. The number of esters is 2.